The van der Waals surface area contributed by atoms with Crippen molar-refractivity contribution in [2.45, 2.75) is 98.0 Å². The van der Waals surface area contributed by atoms with Crippen molar-refractivity contribution in [3.05, 3.63) is 0 Å². The van der Waals surface area contributed by atoms with Crippen LogP contribution >= 0.6 is 0 Å². The topological polar surface area (TPSA) is 91.7 Å². The summed E-state index contributed by atoms with van der Waals surface area (Å²) in [7, 11) is 0. The van der Waals surface area contributed by atoms with Gasteiger partial charge < -0.3 is 10.2 Å². The third-order valence-electron chi connectivity index (χ3n) is 10.8. The summed E-state index contributed by atoms with van der Waals surface area (Å²) in [5, 5.41) is 19.4. The van der Waals surface area contributed by atoms with Crippen LogP contribution in [-0.4, -0.2) is 33.9 Å². The summed E-state index contributed by atoms with van der Waals surface area (Å²) in [6.45, 7) is 8.27. The van der Waals surface area contributed by atoms with Gasteiger partial charge in [0.2, 0.25) is 0 Å². The van der Waals surface area contributed by atoms with Gasteiger partial charge in [0.05, 0.1) is 12.0 Å². The monoisotopic (exact) mass is 446 g/mol. The fourth-order valence-electron chi connectivity index (χ4n) is 8.81. The molecule has 4 fully saturated rings. The molecule has 0 aromatic rings. The molecule has 0 amide bonds. The highest BCUT2D eigenvalue weighted by Crippen LogP contribution is 2.67. The Hall–Kier alpha value is -1.23. The zero-order chi connectivity index (χ0) is 23.4. The number of Topliss-reactive ketones (excluding diaryl/α,β-unsaturated/α-hetero) is 2. The summed E-state index contributed by atoms with van der Waals surface area (Å²) in [6.07, 6.45) is 8.41. The van der Waals surface area contributed by atoms with Crippen LogP contribution in [-0.2, 0) is 14.4 Å². The van der Waals surface area contributed by atoms with Gasteiger partial charge in [0.1, 0.15) is 11.6 Å². The second-order valence-corrected chi connectivity index (χ2v) is 12.3. The molecule has 0 bridgehead atoms. The number of aliphatic hydroxyl groups is 1. The molecule has 0 spiro atoms. The lowest BCUT2D eigenvalue weighted by atomic mass is 9.44. The van der Waals surface area contributed by atoms with Gasteiger partial charge >= 0.3 is 5.97 Å². The number of carboxylic acid groups (broad SMARTS) is 1. The molecule has 180 valence electrons. The molecule has 0 saturated heterocycles. The minimum Gasteiger partial charge on any atom is -0.481 e. The lowest BCUT2D eigenvalue weighted by Crippen LogP contribution is -2.54. The average molecular weight is 447 g/mol. The van der Waals surface area contributed by atoms with Crippen LogP contribution in [0, 0.1) is 52.3 Å². The van der Waals surface area contributed by atoms with E-state index in [9.17, 15) is 19.5 Å². The van der Waals surface area contributed by atoms with Crippen LogP contribution in [0.15, 0.2) is 0 Å². The predicted octanol–water partition coefficient (Wildman–Crippen LogP) is 4.89. The Kier molecular flexibility index (Phi) is 6.37. The molecule has 5 heteroatoms. The van der Waals surface area contributed by atoms with Gasteiger partial charge in [0.25, 0.3) is 0 Å². The number of fused-ring (bicyclic) bond motifs is 5. The molecule has 4 aliphatic rings. The van der Waals surface area contributed by atoms with Crippen molar-refractivity contribution >= 4 is 17.5 Å². The van der Waals surface area contributed by atoms with Gasteiger partial charge in [-0.05, 0) is 85.9 Å². The second-order valence-electron chi connectivity index (χ2n) is 12.3. The Labute approximate surface area is 192 Å². The average Bonchev–Trinajstić information content (AvgIpc) is 3.01. The number of carbonyl (C=O) groups excluding carboxylic acids is 2. The number of aliphatic hydroxyl groups excluding tert-OH is 1. The first-order valence-corrected chi connectivity index (χ1v) is 12.9. The summed E-state index contributed by atoms with van der Waals surface area (Å²) < 4.78 is 0. The highest BCUT2D eigenvalue weighted by molar-refractivity contribution is 5.92. The zero-order valence-electron chi connectivity index (χ0n) is 20.3. The van der Waals surface area contributed by atoms with Crippen LogP contribution in [0.1, 0.15) is 91.9 Å². The van der Waals surface area contributed by atoms with Gasteiger partial charge in [-0.2, -0.15) is 0 Å². The van der Waals surface area contributed by atoms with E-state index in [1.165, 1.54) is 0 Å². The minimum atomic E-state index is -0.868. The van der Waals surface area contributed by atoms with E-state index in [-0.39, 0.29) is 46.8 Å². The first-order valence-electron chi connectivity index (χ1n) is 12.9. The quantitative estimate of drug-likeness (QED) is 0.606. The van der Waals surface area contributed by atoms with Crippen LogP contribution in [0.2, 0.25) is 0 Å². The molecular formula is C27H42O5. The van der Waals surface area contributed by atoms with Crippen LogP contribution in [0.3, 0.4) is 0 Å². The first-order chi connectivity index (χ1) is 15.0. The number of rotatable bonds is 6. The minimum absolute atomic E-state index is 0.0531. The van der Waals surface area contributed by atoms with Crippen molar-refractivity contribution in [2.24, 2.45) is 52.3 Å². The molecule has 0 heterocycles. The molecule has 10 atom stereocenters. The Morgan fingerprint density at radius 3 is 2.41 bits per heavy atom. The summed E-state index contributed by atoms with van der Waals surface area (Å²) in [4.78, 5) is 37.5. The highest BCUT2D eigenvalue weighted by Gasteiger charge is 2.63. The van der Waals surface area contributed by atoms with E-state index in [1.54, 1.807) is 6.92 Å². The molecule has 2 N–H and O–H groups in total. The molecule has 5 nitrogen and oxygen atoms in total. The number of hydrogen-bond donors (Lipinski definition) is 2. The van der Waals surface area contributed by atoms with Crippen molar-refractivity contribution in [3.8, 4) is 0 Å². The van der Waals surface area contributed by atoms with Crippen LogP contribution in [0.5, 0.6) is 0 Å². The number of carboxylic acids is 1. The summed E-state index contributed by atoms with van der Waals surface area (Å²) in [5.41, 5.74) is 0.155. The summed E-state index contributed by atoms with van der Waals surface area (Å²) in [5.74, 6) is 0.495. The van der Waals surface area contributed by atoms with E-state index in [0.29, 0.717) is 36.5 Å². The maximum atomic E-state index is 13.3. The molecule has 0 aromatic carbocycles. The SMILES string of the molecule is CC(CCC(=O)C(C)C1C(=O)CC2C3CCC4CC(O)CCC4(C)C3CCC21C)C(=O)O. The first kappa shape index (κ1) is 23.9. The highest BCUT2D eigenvalue weighted by atomic mass is 16.4. The number of hydrogen-bond acceptors (Lipinski definition) is 4. The second kappa shape index (κ2) is 8.52. The van der Waals surface area contributed by atoms with Crippen molar-refractivity contribution in [1.29, 1.82) is 0 Å². The molecule has 4 saturated carbocycles. The van der Waals surface area contributed by atoms with Gasteiger partial charge in [-0.15, -0.1) is 0 Å². The van der Waals surface area contributed by atoms with Gasteiger partial charge in [0, 0.05) is 24.7 Å². The van der Waals surface area contributed by atoms with Crippen LogP contribution < -0.4 is 0 Å². The maximum absolute atomic E-state index is 13.3. The molecular weight excluding hydrogens is 404 g/mol. The van der Waals surface area contributed by atoms with E-state index < -0.39 is 11.9 Å². The lowest BCUT2D eigenvalue weighted by molar-refractivity contribution is -0.142. The maximum Gasteiger partial charge on any atom is 0.306 e. The molecule has 32 heavy (non-hydrogen) atoms. The molecule has 0 aromatic heterocycles. The van der Waals surface area contributed by atoms with Crippen molar-refractivity contribution in [1.82, 2.24) is 0 Å². The normalized spacial score (nSPS) is 45.3. The van der Waals surface area contributed by atoms with E-state index in [4.69, 9.17) is 5.11 Å². The third-order valence-corrected chi connectivity index (χ3v) is 10.8. The standard InChI is InChI=1S/C27H42O5/c1-15(25(31)32)5-8-22(29)16(2)24-23(30)14-21-19-7-6-17-13-18(28)9-11-26(17,3)20(19)10-12-27(21,24)4/h15-21,24,28H,5-14H2,1-4H3,(H,31,32). The molecule has 0 aliphatic heterocycles. The Morgan fingerprint density at radius 2 is 1.72 bits per heavy atom. The Balaban J connectivity index is 1.51. The summed E-state index contributed by atoms with van der Waals surface area (Å²) >= 11 is 0. The van der Waals surface area contributed by atoms with E-state index >= 15 is 0 Å². The van der Waals surface area contributed by atoms with Crippen molar-refractivity contribution < 1.29 is 24.6 Å². The largest absolute Gasteiger partial charge is 0.481 e. The van der Waals surface area contributed by atoms with Gasteiger partial charge in [0.15, 0.2) is 0 Å². The Morgan fingerprint density at radius 1 is 1.03 bits per heavy atom. The fourth-order valence-corrected chi connectivity index (χ4v) is 8.81. The van der Waals surface area contributed by atoms with Crippen molar-refractivity contribution in [3.63, 3.8) is 0 Å². The summed E-state index contributed by atoms with van der Waals surface area (Å²) in [6, 6.07) is 0. The van der Waals surface area contributed by atoms with Crippen LogP contribution in [0.4, 0.5) is 0 Å². The lowest BCUT2D eigenvalue weighted by Gasteiger charge is -2.61. The molecule has 4 aliphatic carbocycles. The zero-order valence-corrected chi connectivity index (χ0v) is 20.3. The fraction of sp³-hybridized carbons (Fsp3) is 0.889. The number of carbonyl (C=O) groups is 3. The van der Waals surface area contributed by atoms with E-state index in [2.05, 4.69) is 13.8 Å². The predicted molar refractivity (Wildman–Crippen MR) is 122 cm³/mol. The van der Waals surface area contributed by atoms with E-state index in [1.807, 2.05) is 6.92 Å². The third kappa shape index (κ3) is 3.76. The van der Waals surface area contributed by atoms with Gasteiger partial charge in [-0.25, -0.2) is 0 Å². The van der Waals surface area contributed by atoms with Crippen molar-refractivity contribution in [2.75, 3.05) is 0 Å². The van der Waals surface area contributed by atoms with Gasteiger partial charge in [-0.1, -0.05) is 27.7 Å². The Bertz CT molecular complexity index is 776. The van der Waals surface area contributed by atoms with Crippen LogP contribution in [0.25, 0.3) is 0 Å². The van der Waals surface area contributed by atoms with Gasteiger partial charge in [-0.3, -0.25) is 14.4 Å². The van der Waals surface area contributed by atoms with E-state index in [0.717, 1.165) is 44.9 Å². The number of aliphatic carboxylic acids is 1. The molecule has 0 radical (unpaired) electrons. The number of ketones is 2. The molecule has 4 rings (SSSR count). The molecule has 10 unspecified atom stereocenters. The smallest absolute Gasteiger partial charge is 0.306 e.